The highest BCUT2D eigenvalue weighted by Gasteiger charge is 2.42. The molecule has 1 aliphatic heterocycles. The number of H-pyrrole nitrogens is 1. The van der Waals surface area contributed by atoms with Crippen molar-refractivity contribution in [3.63, 3.8) is 0 Å². The quantitative estimate of drug-likeness (QED) is 0.735. The Balaban J connectivity index is 1.59. The molecule has 0 radical (unpaired) electrons. The standard InChI is InChI=1S/C16H15FN6O2/c17-11-1-3-12(4-2-11)23-10-18-7-13(23)15(24)22-6-5-16(25,9-22)14-8-19-21-20-14/h1-4,7-8,10,25H,5-6,9H2,(H,19,20,21). The number of likely N-dealkylation sites (tertiary alicyclic amines) is 1. The minimum atomic E-state index is -1.22. The van der Waals surface area contributed by atoms with E-state index < -0.39 is 5.60 Å². The Labute approximate surface area is 141 Å². The maximum atomic E-state index is 13.1. The van der Waals surface area contributed by atoms with Crippen molar-refractivity contribution in [2.45, 2.75) is 12.0 Å². The lowest BCUT2D eigenvalue weighted by molar-refractivity contribution is 0.0380. The fourth-order valence-electron chi connectivity index (χ4n) is 3.02. The summed E-state index contributed by atoms with van der Waals surface area (Å²) in [6, 6.07) is 5.79. The number of aromatic amines is 1. The normalized spacial score (nSPS) is 20.2. The van der Waals surface area contributed by atoms with Gasteiger partial charge >= 0.3 is 0 Å². The number of aliphatic hydroxyl groups is 1. The van der Waals surface area contributed by atoms with Crippen molar-refractivity contribution < 1.29 is 14.3 Å². The van der Waals surface area contributed by atoms with Crippen molar-refractivity contribution >= 4 is 5.91 Å². The summed E-state index contributed by atoms with van der Waals surface area (Å²) >= 11 is 0. The average molecular weight is 342 g/mol. The molecule has 0 bridgehead atoms. The first kappa shape index (κ1) is 15.5. The maximum absolute atomic E-state index is 13.1. The van der Waals surface area contributed by atoms with Crippen LogP contribution in [0.2, 0.25) is 0 Å². The van der Waals surface area contributed by atoms with E-state index >= 15 is 0 Å². The predicted octanol–water partition coefficient (Wildman–Crippen LogP) is 0.863. The van der Waals surface area contributed by atoms with Crippen LogP contribution in [0.5, 0.6) is 0 Å². The lowest BCUT2D eigenvalue weighted by atomic mass is 10.00. The first-order chi connectivity index (χ1) is 12.1. The van der Waals surface area contributed by atoms with Gasteiger partial charge in [0.1, 0.15) is 22.8 Å². The fourth-order valence-corrected chi connectivity index (χ4v) is 3.02. The summed E-state index contributed by atoms with van der Waals surface area (Å²) in [4.78, 5) is 18.4. The van der Waals surface area contributed by atoms with Crippen LogP contribution in [-0.4, -0.2) is 54.0 Å². The molecule has 1 atom stereocenters. The van der Waals surface area contributed by atoms with Gasteiger partial charge in [0, 0.05) is 18.7 Å². The number of benzene rings is 1. The molecule has 1 amide bonds. The fraction of sp³-hybridized carbons (Fsp3) is 0.250. The van der Waals surface area contributed by atoms with Gasteiger partial charge in [0.2, 0.25) is 0 Å². The number of amides is 1. The van der Waals surface area contributed by atoms with Crippen LogP contribution in [0.25, 0.3) is 5.69 Å². The molecule has 2 aromatic heterocycles. The molecule has 1 fully saturated rings. The summed E-state index contributed by atoms with van der Waals surface area (Å²) in [5, 5.41) is 20.8. The first-order valence-corrected chi connectivity index (χ1v) is 7.73. The van der Waals surface area contributed by atoms with Crippen LogP contribution in [0.4, 0.5) is 4.39 Å². The predicted molar refractivity (Wildman–Crippen MR) is 84.3 cm³/mol. The molecule has 8 nitrogen and oxygen atoms in total. The van der Waals surface area contributed by atoms with E-state index in [4.69, 9.17) is 0 Å². The highest BCUT2D eigenvalue weighted by molar-refractivity contribution is 5.93. The molecule has 1 unspecified atom stereocenters. The van der Waals surface area contributed by atoms with E-state index in [9.17, 15) is 14.3 Å². The third-order valence-electron chi connectivity index (χ3n) is 4.39. The molecule has 3 aromatic rings. The molecule has 1 aromatic carbocycles. The molecule has 0 aliphatic carbocycles. The lowest BCUT2D eigenvalue weighted by Crippen LogP contribution is -2.35. The highest BCUT2D eigenvalue weighted by Crippen LogP contribution is 2.31. The SMILES string of the molecule is O=C(c1cncn1-c1ccc(F)cc1)N1CCC(O)(c2cn[nH]n2)C1. The van der Waals surface area contributed by atoms with Gasteiger partial charge in [0.05, 0.1) is 25.3 Å². The molecule has 25 heavy (non-hydrogen) atoms. The van der Waals surface area contributed by atoms with E-state index in [1.165, 1.54) is 30.9 Å². The molecule has 4 rings (SSSR count). The second kappa shape index (κ2) is 5.78. The number of aromatic nitrogens is 5. The van der Waals surface area contributed by atoms with Gasteiger partial charge < -0.3 is 10.0 Å². The Morgan fingerprint density at radius 3 is 2.80 bits per heavy atom. The lowest BCUT2D eigenvalue weighted by Gasteiger charge is -2.21. The Morgan fingerprint density at radius 2 is 2.08 bits per heavy atom. The number of nitrogens with zero attached hydrogens (tertiary/aromatic N) is 5. The number of halogens is 1. The van der Waals surface area contributed by atoms with E-state index in [0.717, 1.165) is 0 Å². The zero-order valence-electron chi connectivity index (χ0n) is 13.1. The Bertz CT molecular complexity index is 892. The van der Waals surface area contributed by atoms with Crippen LogP contribution in [0.3, 0.4) is 0 Å². The van der Waals surface area contributed by atoms with Crippen molar-refractivity contribution in [2.75, 3.05) is 13.1 Å². The van der Waals surface area contributed by atoms with Crippen molar-refractivity contribution in [1.29, 1.82) is 0 Å². The number of imidazole rings is 1. The van der Waals surface area contributed by atoms with Crippen molar-refractivity contribution in [3.8, 4) is 5.69 Å². The van der Waals surface area contributed by atoms with Crippen LogP contribution >= 0.6 is 0 Å². The minimum Gasteiger partial charge on any atom is -0.381 e. The van der Waals surface area contributed by atoms with Gasteiger partial charge in [-0.3, -0.25) is 9.36 Å². The summed E-state index contributed by atoms with van der Waals surface area (Å²) in [7, 11) is 0. The van der Waals surface area contributed by atoms with Gasteiger partial charge in [-0.15, -0.1) is 0 Å². The van der Waals surface area contributed by atoms with Crippen LogP contribution in [0.1, 0.15) is 22.6 Å². The van der Waals surface area contributed by atoms with Crippen LogP contribution < -0.4 is 0 Å². The van der Waals surface area contributed by atoms with Crippen LogP contribution in [0.15, 0.2) is 43.0 Å². The second-order valence-electron chi connectivity index (χ2n) is 5.99. The highest BCUT2D eigenvalue weighted by atomic mass is 19.1. The first-order valence-electron chi connectivity index (χ1n) is 7.73. The minimum absolute atomic E-state index is 0.118. The molecule has 0 saturated carbocycles. The smallest absolute Gasteiger partial charge is 0.272 e. The number of nitrogens with one attached hydrogen (secondary N) is 1. The summed E-state index contributed by atoms with van der Waals surface area (Å²) < 4.78 is 14.7. The van der Waals surface area contributed by atoms with Crippen LogP contribution in [-0.2, 0) is 5.60 Å². The molecule has 2 N–H and O–H groups in total. The number of hydrogen-bond donors (Lipinski definition) is 2. The van der Waals surface area contributed by atoms with Crippen molar-refractivity contribution in [2.24, 2.45) is 0 Å². The Hall–Kier alpha value is -3.07. The molecule has 1 saturated heterocycles. The van der Waals surface area contributed by atoms with E-state index in [1.807, 2.05) is 0 Å². The van der Waals surface area contributed by atoms with Crippen molar-refractivity contribution in [3.05, 3.63) is 60.2 Å². The molecular formula is C16H15FN6O2. The molecule has 128 valence electrons. The van der Waals surface area contributed by atoms with Gasteiger partial charge in [-0.05, 0) is 24.3 Å². The molecular weight excluding hydrogens is 327 g/mol. The Kier molecular flexibility index (Phi) is 3.57. The van der Waals surface area contributed by atoms with Crippen molar-refractivity contribution in [1.82, 2.24) is 29.9 Å². The van der Waals surface area contributed by atoms with E-state index in [-0.39, 0.29) is 18.3 Å². The topological polar surface area (TPSA) is 99.9 Å². The molecule has 1 aliphatic rings. The van der Waals surface area contributed by atoms with Gasteiger partial charge in [-0.2, -0.15) is 15.4 Å². The van der Waals surface area contributed by atoms with E-state index in [2.05, 4.69) is 20.4 Å². The van der Waals surface area contributed by atoms with Crippen LogP contribution in [0, 0.1) is 5.82 Å². The monoisotopic (exact) mass is 342 g/mol. The third kappa shape index (κ3) is 2.68. The summed E-state index contributed by atoms with van der Waals surface area (Å²) in [6.45, 7) is 0.504. The maximum Gasteiger partial charge on any atom is 0.272 e. The molecule has 3 heterocycles. The Morgan fingerprint density at radius 1 is 1.28 bits per heavy atom. The third-order valence-corrected chi connectivity index (χ3v) is 4.39. The number of carbonyl (C=O) groups excluding carboxylic acids is 1. The zero-order valence-corrected chi connectivity index (χ0v) is 13.1. The van der Waals surface area contributed by atoms with E-state index in [0.29, 0.717) is 30.0 Å². The summed E-state index contributed by atoms with van der Waals surface area (Å²) in [5.74, 6) is -0.616. The molecule has 0 spiro atoms. The van der Waals surface area contributed by atoms with Gasteiger partial charge in [0.15, 0.2) is 0 Å². The van der Waals surface area contributed by atoms with Gasteiger partial charge in [-0.25, -0.2) is 9.37 Å². The second-order valence-corrected chi connectivity index (χ2v) is 5.99. The van der Waals surface area contributed by atoms with Gasteiger partial charge in [0.25, 0.3) is 5.91 Å². The average Bonchev–Trinajstić information content (AvgIpc) is 3.36. The number of β-amino-alcohol motifs (C(OH)–C–C–N with tert-alkyl or cyclic N) is 1. The number of hydrogen-bond acceptors (Lipinski definition) is 5. The number of rotatable bonds is 3. The summed E-state index contributed by atoms with van der Waals surface area (Å²) in [5.41, 5.74) is 0.169. The number of carbonyl (C=O) groups is 1. The zero-order chi connectivity index (χ0) is 17.4. The molecule has 9 heteroatoms. The van der Waals surface area contributed by atoms with E-state index in [1.54, 1.807) is 21.6 Å². The van der Waals surface area contributed by atoms with Gasteiger partial charge in [-0.1, -0.05) is 0 Å². The summed E-state index contributed by atoms with van der Waals surface area (Å²) in [6.07, 6.45) is 4.78. The largest absolute Gasteiger partial charge is 0.381 e.